The van der Waals surface area contributed by atoms with Gasteiger partial charge >= 0.3 is 6.18 Å². The Morgan fingerprint density at radius 1 is 1.33 bits per heavy atom. The largest absolute Gasteiger partial charge is 0.433 e. The molecule has 1 heterocycles. The van der Waals surface area contributed by atoms with E-state index in [1.807, 2.05) is 0 Å². The van der Waals surface area contributed by atoms with Crippen LogP contribution < -0.4 is 5.32 Å². The summed E-state index contributed by atoms with van der Waals surface area (Å²) in [5.41, 5.74) is -0.571. The molecular formula is C9H10F3N3. The molecule has 0 unspecified atom stereocenters. The van der Waals surface area contributed by atoms with Crippen LogP contribution in [0.15, 0.2) is 6.07 Å². The standard InChI is InChI=1S/C9H10F3N3/c1-5-4-7(9(10,11)12)15-8(13-5)14-6-2-3-6/h4,6H,2-3H2,1H3,(H,13,14,15). The van der Waals surface area contributed by atoms with E-state index < -0.39 is 11.9 Å². The highest BCUT2D eigenvalue weighted by Gasteiger charge is 2.33. The van der Waals surface area contributed by atoms with Gasteiger partial charge in [-0.05, 0) is 25.8 Å². The second-order valence-corrected chi connectivity index (χ2v) is 3.63. The van der Waals surface area contributed by atoms with Crippen molar-refractivity contribution in [3.05, 3.63) is 17.5 Å². The molecule has 0 radical (unpaired) electrons. The molecule has 0 spiro atoms. The van der Waals surface area contributed by atoms with Gasteiger partial charge in [-0.25, -0.2) is 9.97 Å². The zero-order valence-corrected chi connectivity index (χ0v) is 8.10. The van der Waals surface area contributed by atoms with Crippen LogP contribution in [0, 0.1) is 6.92 Å². The fourth-order valence-corrected chi connectivity index (χ4v) is 1.19. The molecule has 0 atom stereocenters. The Morgan fingerprint density at radius 2 is 2.00 bits per heavy atom. The number of aromatic nitrogens is 2. The molecule has 1 aromatic rings. The average Bonchev–Trinajstić information content (AvgIpc) is 2.85. The Bertz CT molecular complexity index is 371. The van der Waals surface area contributed by atoms with Crippen molar-refractivity contribution in [1.29, 1.82) is 0 Å². The van der Waals surface area contributed by atoms with E-state index in [-0.39, 0.29) is 12.0 Å². The predicted octanol–water partition coefficient (Wildman–Crippen LogP) is 2.38. The van der Waals surface area contributed by atoms with E-state index in [9.17, 15) is 13.2 Å². The van der Waals surface area contributed by atoms with E-state index in [0.29, 0.717) is 5.69 Å². The Morgan fingerprint density at radius 3 is 2.53 bits per heavy atom. The molecule has 1 aliphatic rings. The highest BCUT2D eigenvalue weighted by Crippen LogP contribution is 2.29. The van der Waals surface area contributed by atoms with Gasteiger partial charge in [0.2, 0.25) is 5.95 Å². The lowest BCUT2D eigenvalue weighted by atomic mass is 10.3. The Labute approximate surface area is 84.7 Å². The van der Waals surface area contributed by atoms with Gasteiger partial charge in [0, 0.05) is 11.7 Å². The second kappa shape index (κ2) is 3.36. The molecule has 1 N–H and O–H groups in total. The van der Waals surface area contributed by atoms with Crippen molar-refractivity contribution in [1.82, 2.24) is 9.97 Å². The third-order valence-corrected chi connectivity index (χ3v) is 2.06. The Hall–Kier alpha value is -1.33. The van der Waals surface area contributed by atoms with Gasteiger partial charge in [0.05, 0.1) is 0 Å². The fraction of sp³-hybridized carbons (Fsp3) is 0.556. The molecule has 0 saturated heterocycles. The Balaban J connectivity index is 2.27. The molecule has 6 heteroatoms. The number of nitrogens with zero attached hydrogens (tertiary/aromatic N) is 2. The molecule has 3 nitrogen and oxygen atoms in total. The summed E-state index contributed by atoms with van der Waals surface area (Å²) in [6, 6.07) is 1.19. The molecule has 1 aliphatic carbocycles. The summed E-state index contributed by atoms with van der Waals surface area (Å²) in [6.07, 6.45) is -2.47. The smallest absolute Gasteiger partial charge is 0.351 e. The summed E-state index contributed by atoms with van der Waals surface area (Å²) in [7, 11) is 0. The number of hydrogen-bond donors (Lipinski definition) is 1. The van der Waals surface area contributed by atoms with Crippen molar-refractivity contribution < 1.29 is 13.2 Å². The van der Waals surface area contributed by atoms with Crippen LogP contribution in [0.3, 0.4) is 0 Å². The number of hydrogen-bond acceptors (Lipinski definition) is 3. The fourth-order valence-electron chi connectivity index (χ4n) is 1.19. The van der Waals surface area contributed by atoms with Gasteiger partial charge in [-0.15, -0.1) is 0 Å². The average molecular weight is 217 g/mol. The maximum absolute atomic E-state index is 12.4. The zero-order chi connectivity index (χ0) is 11.1. The number of rotatable bonds is 2. The van der Waals surface area contributed by atoms with Crippen LogP contribution >= 0.6 is 0 Å². The van der Waals surface area contributed by atoms with Gasteiger partial charge in [0.1, 0.15) is 5.69 Å². The highest BCUT2D eigenvalue weighted by molar-refractivity contribution is 5.31. The summed E-state index contributed by atoms with van der Waals surface area (Å²) < 4.78 is 37.1. The minimum atomic E-state index is -4.41. The van der Waals surface area contributed by atoms with Crippen LogP contribution in [0.4, 0.5) is 19.1 Å². The van der Waals surface area contributed by atoms with Gasteiger partial charge < -0.3 is 5.32 Å². The van der Waals surface area contributed by atoms with Crippen molar-refractivity contribution in [3.8, 4) is 0 Å². The maximum Gasteiger partial charge on any atom is 0.433 e. The molecular weight excluding hydrogens is 207 g/mol. The second-order valence-electron chi connectivity index (χ2n) is 3.63. The summed E-state index contributed by atoms with van der Waals surface area (Å²) in [6.45, 7) is 1.52. The van der Waals surface area contributed by atoms with Crippen molar-refractivity contribution in [2.75, 3.05) is 5.32 Å². The molecule has 15 heavy (non-hydrogen) atoms. The SMILES string of the molecule is Cc1cc(C(F)(F)F)nc(NC2CC2)n1. The lowest BCUT2D eigenvalue weighted by Crippen LogP contribution is -2.13. The van der Waals surface area contributed by atoms with Crippen LogP contribution in [-0.4, -0.2) is 16.0 Å². The van der Waals surface area contributed by atoms with Crippen molar-refractivity contribution in [2.24, 2.45) is 0 Å². The molecule has 1 aromatic heterocycles. The Kier molecular flexibility index (Phi) is 2.28. The van der Waals surface area contributed by atoms with E-state index in [2.05, 4.69) is 15.3 Å². The topological polar surface area (TPSA) is 37.8 Å². The van der Waals surface area contributed by atoms with Gasteiger partial charge in [-0.1, -0.05) is 0 Å². The van der Waals surface area contributed by atoms with Gasteiger partial charge in [-0.3, -0.25) is 0 Å². The van der Waals surface area contributed by atoms with E-state index >= 15 is 0 Å². The number of halogens is 3. The number of anilines is 1. The molecule has 0 aliphatic heterocycles. The van der Waals surface area contributed by atoms with Gasteiger partial charge in [0.15, 0.2) is 0 Å². The van der Waals surface area contributed by atoms with Gasteiger partial charge in [-0.2, -0.15) is 13.2 Å². The quantitative estimate of drug-likeness (QED) is 0.826. The molecule has 82 valence electrons. The van der Waals surface area contributed by atoms with Crippen LogP contribution in [0.1, 0.15) is 24.2 Å². The molecule has 0 aromatic carbocycles. The first-order valence-electron chi connectivity index (χ1n) is 4.64. The lowest BCUT2D eigenvalue weighted by molar-refractivity contribution is -0.141. The minimum Gasteiger partial charge on any atom is -0.351 e. The maximum atomic E-state index is 12.4. The van der Waals surface area contributed by atoms with E-state index in [1.165, 1.54) is 6.92 Å². The number of alkyl halides is 3. The monoisotopic (exact) mass is 217 g/mol. The lowest BCUT2D eigenvalue weighted by Gasteiger charge is -2.09. The first-order chi connectivity index (χ1) is 6.95. The summed E-state index contributed by atoms with van der Waals surface area (Å²) in [5.74, 6) is 0.0739. The summed E-state index contributed by atoms with van der Waals surface area (Å²) in [5, 5.41) is 2.85. The third-order valence-electron chi connectivity index (χ3n) is 2.06. The molecule has 0 bridgehead atoms. The molecule has 0 amide bonds. The van der Waals surface area contributed by atoms with Gasteiger partial charge in [0.25, 0.3) is 0 Å². The van der Waals surface area contributed by atoms with Crippen LogP contribution in [-0.2, 0) is 6.18 Å². The summed E-state index contributed by atoms with van der Waals surface area (Å²) >= 11 is 0. The molecule has 1 saturated carbocycles. The zero-order valence-electron chi connectivity index (χ0n) is 8.10. The first-order valence-corrected chi connectivity index (χ1v) is 4.64. The highest BCUT2D eigenvalue weighted by atomic mass is 19.4. The van der Waals surface area contributed by atoms with E-state index in [0.717, 1.165) is 18.9 Å². The number of aryl methyl sites for hydroxylation is 1. The van der Waals surface area contributed by atoms with Crippen LogP contribution in [0.25, 0.3) is 0 Å². The van der Waals surface area contributed by atoms with Crippen LogP contribution in [0.2, 0.25) is 0 Å². The minimum absolute atomic E-state index is 0.0739. The van der Waals surface area contributed by atoms with Crippen molar-refractivity contribution in [2.45, 2.75) is 32.0 Å². The summed E-state index contributed by atoms with van der Waals surface area (Å²) in [4.78, 5) is 7.34. The predicted molar refractivity (Wildman–Crippen MR) is 48.4 cm³/mol. The number of nitrogens with one attached hydrogen (secondary N) is 1. The van der Waals surface area contributed by atoms with Crippen LogP contribution in [0.5, 0.6) is 0 Å². The van der Waals surface area contributed by atoms with E-state index in [1.54, 1.807) is 0 Å². The molecule has 2 rings (SSSR count). The molecule has 1 fully saturated rings. The van der Waals surface area contributed by atoms with Crippen molar-refractivity contribution >= 4 is 5.95 Å². The van der Waals surface area contributed by atoms with E-state index in [4.69, 9.17) is 0 Å². The normalized spacial score (nSPS) is 16.5. The van der Waals surface area contributed by atoms with Crippen molar-refractivity contribution in [3.63, 3.8) is 0 Å². The third kappa shape index (κ3) is 2.57. The first kappa shape index (κ1) is 10.2.